The van der Waals surface area contributed by atoms with Gasteiger partial charge >= 0.3 is 12.1 Å². The van der Waals surface area contributed by atoms with Crippen molar-refractivity contribution in [3.8, 4) is 0 Å². The first-order chi connectivity index (χ1) is 19.0. The van der Waals surface area contributed by atoms with Crippen LogP contribution >= 0.6 is 11.6 Å². The number of esters is 1. The third-order valence-electron chi connectivity index (χ3n) is 5.63. The number of hydrogen-bond acceptors (Lipinski definition) is 7. The number of nitrogens with zero attached hydrogens (tertiary/aromatic N) is 1. The number of sulfone groups is 1. The van der Waals surface area contributed by atoms with E-state index in [1.54, 1.807) is 34.6 Å². The number of aromatic nitrogens is 1. The molecule has 0 radical (unpaired) electrons. The zero-order chi connectivity index (χ0) is 30.6. The van der Waals surface area contributed by atoms with Crippen molar-refractivity contribution >= 4 is 33.5 Å². The van der Waals surface area contributed by atoms with Gasteiger partial charge in [0, 0.05) is 27.9 Å². The van der Waals surface area contributed by atoms with Crippen LogP contribution in [0, 0.1) is 11.6 Å². The molecule has 0 fully saturated rings. The molecule has 1 unspecified atom stereocenters. The number of rotatable bonds is 9. The highest BCUT2D eigenvalue weighted by Gasteiger charge is 2.34. The van der Waals surface area contributed by atoms with Crippen LogP contribution in [0.3, 0.4) is 0 Å². The Labute approximate surface area is 243 Å². The van der Waals surface area contributed by atoms with Crippen molar-refractivity contribution in [1.82, 2.24) is 10.3 Å². The molecule has 220 valence electrons. The fraction of sp³-hybridized carbons (Fsp3) is 0.345. The average molecular weight is 609 g/mol. The molecule has 1 heterocycles. The lowest BCUT2D eigenvalue weighted by Gasteiger charge is -2.27. The first kappa shape index (κ1) is 32.0. The molecule has 0 saturated carbocycles. The van der Waals surface area contributed by atoms with Gasteiger partial charge in [-0.15, -0.1) is 0 Å². The summed E-state index contributed by atoms with van der Waals surface area (Å²) in [6, 6.07) is 10.6. The van der Waals surface area contributed by atoms with Crippen LogP contribution in [-0.4, -0.2) is 36.6 Å². The van der Waals surface area contributed by atoms with Crippen LogP contribution in [0.4, 0.5) is 13.6 Å². The van der Waals surface area contributed by atoms with Gasteiger partial charge in [0.2, 0.25) is 0 Å². The van der Waals surface area contributed by atoms with Crippen molar-refractivity contribution in [3.63, 3.8) is 0 Å². The Hall–Kier alpha value is -3.57. The van der Waals surface area contributed by atoms with Gasteiger partial charge < -0.3 is 14.8 Å². The van der Waals surface area contributed by atoms with Gasteiger partial charge in [-0.25, -0.2) is 22.0 Å². The predicted octanol–water partition coefficient (Wildman–Crippen LogP) is 6.31. The van der Waals surface area contributed by atoms with Gasteiger partial charge in [0.1, 0.15) is 29.1 Å². The highest BCUT2D eigenvalue weighted by molar-refractivity contribution is 7.91. The smallest absolute Gasteiger partial charge is 0.407 e. The van der Waals surface area contributed by atoms with Crippen LogP contribution in [-0.2, 0) is 30.7 Å². The Bertz CT molecular complexity index is 1510. The largest absolute Gasteiger partial charge is 0.460 e. The fourth-order valence-electron chi connectivity index (χ4n) is 3.88. The van der Waals surface area contributed by atoms with Crippen molar-refractivity contribution in [1.29, 1.82) is 0 Å². The third kappa shape index (κ3) is 8.96. The molecular formula is C29H31ClF2N2O6S. The van der Waals surface area contributed by atoms with Crippen LogP contribution in [0.2, 0.25) is 5.02 Å². The van der Waals surface area contributed by atoms with Gasteiger partial charge in [0.25, 0.3) is 0 Å². The number of alkyl carbamates (subject to hydrolysis) is 1. The summed E-state index contributed by atoms with van der Waals surface area (Å²) in [5.74, 6) is -2.22. The Morgan fingerprint density at radius 3 is 2.24 bits per heavy atom. The lowest BCUT2D eigenvalue weighted by molar-refractivity contribution is -0.156. The van der Waals surface area contributed by atoms with Gasteiger partial charge in [-0.3, -0.25) is 9.78 Å². The minimum absolute atomic E-state index is 0.0730. The van der Waals surface area contributed by atoms with Crippen LogP contribution in [0.1, 0.15) is 63.1 Å². The van der Waals surface area contributed by atoms with Gasteiger partial charge in [-0.05, 0) is 83.1 Å². The van der Waals surface area contributed by atoms with Crippen LogP contribution in [0.5, 0.6) is 0 Å². The number of pyridine rings is 1. The molecule has 1 amide bonds. The summed E-state index contributed by atoms with van der Waals surface area (Å²) in [6.45, 7) is 8.27. The number of ether oxygens (including phenoxy) is 2. The molecule has 41 heavy (non-hydrogen) atoms. The second-order valence-corrected chi connectivity index (χ2v) is 13.5. The first-order valence-corrected chi connectivity index (χ1v) is 14.5. The molecule has 3 aromatic rings. The molecular weight excluding hydrogens is 578 g/mol. The number of carbonyl (C=O) groups excluding carboxylic acids is 2. The third-order valence-corrected chi connectivity index (χ3v) is 7.92. The van der Waals surface area contributed by atoms with Crippen molar-refractivity contribution in [3.05, 3.63) is 94.3 Å². The summed E-state index contributed by atoms with van der Waals surface area (Å²) in [4.78, 5) is 28.5. The van der Waals surface area contributed by atoms with Crippen molar-refractivity contribution in [2.75, 3.05) is 0 Å². The number of halogens is 3. The summed E-state index contributed by atoms with van der Waals surface area (Å²) in [5, 5.41) is 1.23. The lowest BCUT2D eigenvalue weighted by Crippen LogP contribution is -2.46. The maximum absolute atomic E-state index is 14.8. The molecule has 2 aromatic carbocycles. The minimum Gasteiger partial charge on any atom is -0.460 e. The van der Waals surface area contributed by atoms with Gasteiger partial charge in [0.15, 0.2) is 9.84 Å². The van der Waals surface area contributed by atoms with E-state index in [9.17, 15) is 26.8 Å². The molecule has 0 aliphatic carbocycles. The van der Waals surface area contributed by atoms with Gasteiger partial charge in [-0.1, -0.05) is 17.7 Å². The van der Waals surface area contributed by atoms with Crippen LogP contribution in [0.25, 0.3) is 0 Å². The molecule has 12 heteroatoms. The van der Waals surface area contributed by atoms with Crippen LogP contribution in [0.15, 0.2) is 65.7 Å². The number of carbonyl (C=O) groups is 2. The maximum Gasteiger partial charge on any atom is 0.407 e. The molecule has 1 N–H and O–H groups in total. The second-order valence-electron chi connectivity index (χ2n) is 11.0. The Kier molecular flexibility index (Phi) is 9.76. The highest BCUT2D eigenvalue weighted by atomic mass is 35.5. The van der Waals surface area contributed by atoms with E-state index in [2.05, 4.69) is 10.3 Å². The van der Waals surface area contributed by atoms with Gasteiger partial charge in [-0.2, -0.15) is 0 Å². The summed E-state index contributed by atoms with van der Waals surface area (Å²) in [7, 11) is -4.30. The van der Waals surface area contributed by atoms with E-state index in [1.807, 2.05) is 0 Å². The first-order valence-electron chi connectivity index (χ1n) is 12.5. The summed E-state index contributed by atoms with van der Waals surface area (Å²) in [5.41, 5.74) is -1.71. The number of amides is 1. The number of nitrogens with one attached hydrogen (secondary N) is 1. The van der Waals surface area contributed by atoms with Crippen molar-refractivity contribution in [2.24, 2.45) is 0 Å². The van der Waals surface area contributed by atoms with E-state index in [0.29, 0.717) is 10.6 Å². The van der Waals surface area contributed by atoms with Crippen LogP contribution < -0.4 is 5.32 Å². The second kappa shape index (κ2) is 12.5. The summed E-state index contributed by atoms with van der Waals surface area (Å²) in [6.07, 6.45) is 0.388. The minimum atomic E-state index is -4.30. The van der Waals surface area contributed by atoms with Crippen molar-refractivity contribution < 1.29 is 36.3 Å². The Morgan fingerprint density at radius 1 is 1.00 bits per heavy atom. The summed E-state index contributed by atoms with van der Waals surface area (Å²) < 4.78 is 66.7. The van der Waals surface area contributed by atoms with Crippen molar-refractivity contribution in [2.45, 2.75) is 68.9 Å². The molecule has 0 spiro atoms. The maximum atomic E-state index is 14.8. The molecule has 1 aromatic heterocycles. The van der Waals surface area contributed by atoms with E-state index >= 15 is 0 Å². The normalized spacial score (nSPS) is 12.9. The monoisotopic (exact) mass is 608 g/mol. The SMILES string of the molecule is CC(C)(CC(=O)OC(C)(C)C)NC(=O)OCc1ccc(C(c2cc(F)ccc2F)S(=O)(=O)c2ccc(Cl)cc2)nc1. The van der Waals surface area contributed by atoms with Gasteiger partial charge in [0.05, 0.1) is 17.0 Å². The predicted molar refractivity (Wildman–Crippen MR) is 149 cm³/mol. The number of benzene rings is 2. The number of hydrogen-bond donors (Lipinski definition) is 1. The van der Waals surface area contributed by atoms with E-state index < -0.39 is 55.5 Å². The topological polar surface area (TPSA) is 112 Å². The molecule has 0 bridgehead atoms. The molecule has 0 aliphatic rings. The van der Waals surface area contributed by atoms with E-state index in [0.717, 1.165) is 18.2 Å². The fourth-order valence-corrected chi connectivity index (χ4v) is 5.77. The molecule has 0 saturated heterocycles. The molecule has 1 atom stereocenters. The summed E-state index contributed by atoms with van der Waals surface area (Å²) >= 11 is 5.89. The quantitative estimate of drug-likeness (QED) is 0.283. The van der Waals surface area contributed by atoms with E-state index in [-0.39, 0.29) is 23.6 Å². The highest BCUT2D eigenvalue weighted by Crippen LogP contribution is 2.36. The Balaban J connectivity index is 1.78. The lowest BCUT2D eigenvalue weighted by atomic mass is 10.0. The molecule has 8 nitrogen and oxygen atoms in total. The van der Waals surface area contributed by atoms with E-state index in [4.69, 9.17) is 21.1 Å². The zero-order valence-corrected chi connectivity index (χ0v) is 24.8. The standard InChI is InChI=1S/C29H31ClF2N2O6S/c1-28(2,3)40-25(35)15-29(4,5)34-27(36)39-17-18-6-13-24(33-16-18)26(22-14-20(31)9-12-23(22)32)41(37,38)21-10-7-19(30)8-11-21/h6-14,16,26H,15,17H2,1-5H3,(H,34,36). The molecule has 0 aliphatic heterocycles. The Morgan fingerprint density at radius 2 is 1.66 bits per heavy atom. The molecule has 3 rings (SSSR count). The van der Waals surface area contributed by atoms with E-state index in [1.165, 1.54) is 42.6 Å². The zero-order valence-electron chi connectivity index (χ0n) is 23.2. The average Bonchev–Trinajstić information content (AvgIpc) is 2.84.